The topological polar surface area (TPSA) is 21.3 Å². The number of hydrogen-bond donors (Lipinski definition) is 1. The summed E-state index contributed by atoms with van der Waals surface area (Å²) in [5.74, 6) is 1.92. The van der Waals surface area contributed by atoms with Crippen LogP contribution in [-0.2, 0) is 17.9 Å². The number of methoxy groups -OCH3 is 1. The lowest BCUT2D eigenvalue weighted by atomic mass is 9.81. The molecule has 1 aliphatic carbocycles. The second kappa shape index (κ2) is 8.43. The van der Waals surface area contributed by atoms with Gasteiger partial charge in [-0.05, 0) is 35.9 Å². The third-order valence-corrected chi connectivity index (χ3v) is 4.50. The van der Waals surface area contributed by atoms with Crippen LogP contribution >= 0.6 is 0 Å². The second-order valence-corrected chi connectivity index (χ2v) is 6.34. The van der Waals surface area contributed by atoms with E-state index in [1.54, 1.807) is 7.11 Å². The van der Waals surface area contributed by atoms with Gasteiger partial charge in [0.05, 0.1) is 6.61 Å². The van der Waals surface area contributed by atoms with Gasteiger partial charge in [0.2, 0.25) is 0 Å². The van der Waals surface area contributed by atoms with Crippen molar-refractivity contribution in [2.45, 2.75) is 52.2 Å². The fourth-order valence-electron chi connectivity index (χ4n) is 3.15. The van der Waals surface area contributed by atoms with E-state index < -0.39 is 0 Å². The molecule has 0 atom stereocenters. The Hall–Kier alpha value is -0.860. The van der Waals surface area contributed by atoms with Crippen molar-refractivity contribution in [1.82, 2.24) is 5.32 Å². The normalized spacial score (nSPS) is 22.9. The molecule has 0 unspecified atom stereocenters. The first-order valence-electron chi connectivity index (χ1n) is 8.05. The summed E-state index contributed by atoms with van der Waals surface area (Å²) in [7, 11) is 1.75. The lowest BCUT2D eigenvalue weighted by molar-refractivity contribution is 0.185. The van der Waals surface area contributed by atoms with Crippen molar-refractivity contribution in [2.24, 2.45) is 11.8 Å². The standard InChI is InChI=1S/C18H29NO/c1-15-6-8-16(9-7-15)10-11-19-13-17-4-3-5-18(12-17)14-20-2/h3-5,12,15-16,19H,6-11,13-14H2,1-2H3. The van der Waals surface area contributed by atoms with Gasteiger partial charge in [-0.1, -0.05) is 56.9 Å². The van der Waals surface area contributed by atoms with Crippen molar-refractivity contribution < 1.29 is 4.74 Å². The van der Waals surface area contributed by atoms with Crippen LogP contribution in [0.15, 0.2) is 24.3 Å². The fraction of sp³-hybridized carbons (Fsp3) is 0.667. The van der Waals surface area contributed by atoms with Crippen LogP contribution in [0.2, 0.25) is 0 Å². The van der Waals surface area contributed by atoms with E-state index in [0.29, 0.717) is 6.61 Å². The average Bonchev–Trinajstić information content (AvgIpc) is 2.46. The summed E-state index contributed by atoms with van der Waals surface area (Å²) in [6, 6.07) is 8.66. The molecule has 1 aromatic rings. The molecule has 1 saturated carbocycles. The molecule has 0 aromatic heterocycles. The van der Waals surface area contributed by atoms with E-state index in [9.17, 15) is 0 Å². The highest BCUT2D eigenvalue weighted by molar-refractivity contribution is 5.22. The molecular weight excluding hydrogens is 246 g/mol. The van der Waals surface area contributed by atoms with Gasteiger partial charge < -0.3 is 10.1 Å². The maximum absolute atomic E-state index is 5.18. The van der Waals surface area contributed by atoms with Crippen molar-refractivity contribution in [3.05, 3.63) is 35.4 Å². The molecule has 0 amide bonds. The van der Waals surface area contributed by atoms with Crippen LogP contribution in [0.4, 0.5) is 0 Å². The first-order valence-corrected chi connectivity index (χ1v) is 8.05. The molecule has 2 heteroatoms. The van der Waals surface area contributed by atoms with Gasteiger partial charge in [-0.3, -0.25) is 0 Å². The van der Waals surface area contributed by atoms with Gasteiger partial charge >= 0.3 is 0 Å². The second-order valence-electron chi connectivity index (χ2n) is 6.34. The molecule has 0 spiro atoms. The zero-order valence-electron chi connectivity index (χ0n) is 13.0. The minimum atomic E-state index is 0.702. The summed E-state index contributed by atoms with van der Waals surface area (Å²) < 4.78 is 5.18. The lowest BCUT2D eigenvalue weighted by Crippen LogP contribution is -2.20. The quantitative estimate of drug-likeness (QED) is 0.755. The number of rotatable bonds is 7. The van der Waals surface area contributed by atoms with Crippen molar-refractivity contribution >= 4 is 0 Å². The highest BCUT2D eigenvalue weighted by atomic mass is 16.5. The maximum atomic E-state index is 5.18. The average molecular weight is 275 g/mol. The minimum Gasteiger partial charge on any atom is -0.380 e. The first kappa shape index (κ1) is 15.5. The number of ether oxygens (including phenoxy) is 1. The van der Waals surface area contributed by atoms with Crippen LogP contribution in [-0.4, -0.2) is 13.7 Å². The maximum Gasteiger partial charge on any atom is 0.0713 e. The molecule has 0 radical (unpaired) electrons. The van der Waals surface area contributed by atoms with Crippen molar-refractivity contribution in [3.63, 3.8) is 0 Å². The van der Waals surface area contributed by atoms with Gasteiger partial charge in [-0.2, -0.15) is 0 Å². The van der Waals surface area contributed by atoms with Crippen molar-refractivity contribution in [3.8, 4) is 0 Å². The first-order chi connectivity index (χ1) is 9.78. The summed E-state index contributed by atoms with van der Waals surface area (Å²) in [5.41, 5.74) is 2.62. The van der Waals surface area contributed by atoms with Crippen LogP contribution in [0.1, 0.15) is 50.2 Å². The summed E-state index contributed by atoms with van der Waals surface area (Å²) >= 11 is 0. The van der Waals surface area contributed by atoms with Crippen LogP contribution < -0.4 is 5.32 Å². The van der Waals surface area contributed by atoms with E-state index in [0.717, 1.165) is 24.9 Å². The molecule has 20 heavy (non-hydrogen) atoms. The minimum absolute atomic E-state index is 0.702. The summed E-state index contributed by atoms with van der Waals surface area (Å²) in [6.45, 7) is 5.21. The molecule has 1 fully saturated rings. The van der Waals surface area contributed by atoms with Crippen molar-refractivity contribution in [1.29, 1.82) is 0 Å². The smallest absolute Gasteiger partial charge is 0.0713 e. The fourth-order valence-corrected chi connectivity index (χ4v) is 3.15. The molecule has 0 aliphatic heterocycles. The Balaban J connectivity index is 1.64. The largest absolute Gasteiger partial charge is 0.380 e. The Bertz CT molecular complexity index is 383. The summed E-state index contributed by atoms with van der Waals surface area (Å²) in [4.78, 5) is 0. The van der Waals surface area contributed by atoms with Crippen LogP contribution in [0.25, 0.3) is 0 Å². The van der Waals surface area contributed by atoms with Gasteiger partial charge in [0.15, 0.2) is 0 Å². The van der Waals surface area contributed by atoms with Gasteiger partial charge in [0, 0.05) is 13.7 Å². The molecule has 2 nitrogen and oxygen atoms in total. The molecule has 112 valence electrons. The Morgan fingerprint density at radius 3 is 2.65 bits per heavy atom. The highest BCUT2D eigenvalue weighted by Gasteiger charge is 2.17. The molecule has 0 saturated heterocycles. The Morgan fingerprint density at radius 2 is 1.90 bits per heavy atom. The van der Waals surface area contributed by atoms with E-state index in [1.165, 1.54) is 43.2 Å². The predicted molar refractivity (Wildman–Crippen MR) is 84.6 cm³/mol. The van der Waals surface area contributed by atoms with E-state index in [2.05, 4.69) is 36.5 Å². The van der Waals surface area contributed by atoms with Gasteiger partial charge in [0.25, 0.3) is 0 Å². The van der Waals surface area contributed by atoms with E-state index in [1.807, 2.05) is 0 Å². The van der Waals surface area contributed by atoms with Gasteiger partial charge in [-0.15, -0.1) is 0 Å². The van der Waals surface area contributed by atoms with E-state index in [-0.39, 0.29) is 0 Å². The monoisotopic (exact) mass is 275 g/mol. The molecule has 1 N–H and O–H groups in total. The van der Waals surface area contributed by atoms with Crippen LogP contribution in [0, 0.1) is 11.8 Å². The van der Waals surface area contributed by atoms with Crippen molar-refractivity contribution in [2.75, 3.05) is 13.7 Å². The number of nitrogens with one attached hydrogen (secondary N) is 1. The zero-order valence-corrected chi connectivity index (χ0v) is 13.0. The number of benzene rings is 1. The third kappa shape index (κ3) is 5.26. The van der Waals surface area contributed by atoms with Crippen LogP contribution in [0.3, 0.4) is 0 Å². The molecule has 0 bridgehead atoms. The molecule has 2 rings (SSSR count). The predicted octanol–water partition coefficient (Wildman–Crippen LogP) is 4.14. The summed E-state index contributed by atoms with van der Waals surface area (Å²) in [5, 5.41) is 3.59. The Morgan fingerprint density at radius 1 is 1.15 bits per heavy atom. The Labute approximate surface area is 123 Å². The summed E-state index contributed by atoms with van der Waals surface area (Å²) in [6.07, 6.45) is 7.08. The zero-order chi connectivity index (χ0) is 14.2. The number of hydrogen-bond acceptors (Lipinski definition) is 2. The molecular formula is C18H29NO. The van der Waals surface area contributed by atoms with Crippen LogP contribution in [0.5, 0.6) is 0 Å². The van der Waals surface area contributed by atoms with Gasteiger partial charge in [-0.25, -0.2) is 0 Å². The lowest BCUT2D eigenvalue weighted by Gasteiger charge is -2.26. The SMILES string of the molecule is COCc1cccc(CNCCC2CCC(C)CC2)c1. The van der Waals surface area contributed by atoms with Gasteiger partial charge in [0.1, 0.15) is 0 Å². The molecule has 1 aliphatic rings. The molecule has 1 aromatic carbocycles. The Kier molecular flexibility index (Phi) is 6.55. The molecule has 0 heterocycles. The third-order valence-electron chi connectivity index (χ3n) is 4.50. The van der Waals surface area contributed by atoms with E-state index >= 15 is 0 Å². The highest BCUT2D eigenvalue weighted by Crippen LogP contribution is 2.29. The van der Waals surface area contributed by atoms with E-state index in [4.69, 9.17) is 4.74 Å².